The van der Waals surface area contributed by atoms with E-state index in [9.17, 15) is 0 Å². The number of hydrogen-bond acceptors (Lipinski definition) is 4. The molecule has 0 spiro atoms. The Bertz CT molecular complexity index is 576. The number of anilines is 1. The zero-order chi connectivity index (χ0) is 13.3. The molecule has 0 saturated heterocycles. The van der Waals surface area contributed by atoms with Crippen molar-refractivity contribution in [3.63, 3.8) is 0 Å². The molecule has 0 bridgehead atoms. The Morgan fingerprint density at radius 3 is 2.61 bits per heavy atom. The monoisotopic (exact) mass is 309 g/mol. The van der Waals surface area contributed by atoms with Crippen LogP contribution >= 0.6 is 15.9 Å². The highest BCUT2D eigenvalue weighted by Crippen LogP contribution is 2.25. The maximum absolute atomic E-state index is 5.94. The Kier molecular flexibility index (Phi) is 3.65. The average molecular weight is 310 g/mol. The van der Waals surface area contributed by atoms with Gasteiger partial charge in [0.1, 0.15) is 12.1 Å². The molecule has 2 N–H and O–H groups in total. The molecule has 0 saturated carbocycles. The second-order valence-corrected chi connectivity index (χ2v) is 5.00. The molecular weight excluding hydrogens is 294 g/mol. The maximum atomic E-state index is 5.94. The van der Waals surface area contributed by atoms with Gasteiger partial charge in [-0.05, 0) is 36.2 Å². The van der Waals surface area contributed by atoms with Crippen molar-refractivity contribution in [1.29, 1.82) is 0 Å². The smallest absolute Gasteiger partial charge is 0.162 e. The van der Waals surface area contributed by atoms with Gasteiger partial charge in [0.05, 0.1) is 15.9 Å². The second kappa shape index (κ2) is 5.06. The minimum atomic E-state index is 0.533. The molecule has 5 nitrogen and oxygen atoms in total. The minimum Gasteiger partial charge on any atom is -0.383 e. The van der Waals surface area contributed by atoms with Crippen LogP contribution in [0.25, 0.3) is 5.82 Å². The molecular formula is C12H16BrN5. The van der Waals surface area contributed by atoms with Gasteiger partial charge < -0.3 is 5.73 Å². The lowest BCUT2D eigenvalue weighted by molar-refractivity contribution is 0.774. The number of hydrogen-bond donors (Lipinski definition) is 1. The van der Waals surface area contributed by atoms with Crippen molar-refractivity contribution in [1.82, 2.24) is 19.7 Å². The Morgan fingerprint density at radius 1 is 1.33 bits per heavy atom. The minimum absolute atomic E-state index is 0.533. The van der Waals surface area contributed by atoms with Crippen LogP contribution in [0, 0.1) is 13.8 Å². The number of aryl methyl sites for hydroxylation is 1. The molecule has 2 rings (SSSR count). The summed E-state index contributed by atoms with van der Waals surface area (Å²) in [5, 5.41) is 4.49. The van der Waals surface area contributed by atoms with Crippen molar-refractivity contribution in [3.05, 3.63) is 27.8 Å². The van der Waals surface area contributed by atoms with Crippen LogP contribution in [0.5, 0.6) is 0 Å². The summed E-state index contributed by atoms with van der Waals surface area (Å²) in [5.41, 5.74) is 8.85. The van der Waals surface area contributed by atoms with Crippen LogP contribution < -0.4 is 5.73 Å². The van der Waals surface area contributed by atoms with Crippen LogP contribution in [0.1, 0.15) is 30.3 Å². The molecule has 2 aromatic heterocycles. The quantitative estimate of drug-likeness (QED) is 0.946. The van der Waals surface area contributed by atoms with Gasteiger partial charge in [-0.15, -0.1) is 0 Å². The van der Waals surface area contributed by atoms with Gasteiger partial charge in [0.15, 0.2) is 5.82 Å². The third kappa shape index (κ3) is 2.12. The molecule has 0 fully saturated rings. The lowest BCUT2D eigenvalue weighted by atomic mass is 10.1. The number of halogens is 1. The predicted molar refractivity (Wildman–Crippen MR) is 74.7 cm³/mol. The molecule has 0 unspecified atom stereocenters. The molecule has 0 aliphatic rings. The van der Waals surface area contributed by atoms with Crippen LogP contribution in [-0.2, 0) is 6.42 Å². The summed E-state index contributed by atoms with van der Waals surface area (Å²) < 4.78 is 2.82. The van der Waals surface area contributed by atoms with Crippen LogP contribution in [0.15, 0.2) is 10.8 Å². The molecule has 0 atom stereocenters. The van der Waals surface area contributed by atoms with Crippen molar-refractivity contribution in [2.45, 2.75) is 33.6 Å². The molecule has 18 heavy (non-hydrogen) atoms. The molecule has 0 radical (unpaired) electrons. The van der Waals surface area contributed by atoms with Gasteiger partial charge in [-0.25, -0.2) is 14.6 Å². The zero-order valence-corrected chi connectivity index (χ0v) is 12.3. The third-order valence-corrected chi connectivity index (χ3v) is 4.01. The largest absolute Gasteiger partial charge is 0.383 e. The van der Waals surface area contributed by atoms with E-state index in [0.29, 0.717) is 5.82 Å². The molecule has 96 valence electrons. The van der Waals surface area contributed by atoms with Crippen LogP contribution in [-0.4, -0.2) is 19.7 Å². The molecule has 2 aromatic rings. The maximum Gasteiger partial charge on any atom is 0.162 e. The standard InChI is InChI=1S/C12H16BrN5/c1-4-5-9-11(14)15-6-16-12(9)18-8(3)10(13)7(2)17-18/h6H,4-5H2,1-3H3,(H2,14,15,16). The zero-order valence-electron chi connectivity index (χ0n) is 10.7. The van der Waals surface area contributed by atoms with Gasteiger partial charge in [-0.2, -0.15) is 5.10 Å². The first-order valence-electron chi connectivity index (χ1n) is 5.87. The van der Waals surface area contributed by atoms with E-state index in [1.165, 1.54) is 6.33 Å². The highest BCUT2D eigenvalue weighted by Gasteiger charge is 2.16. The van der Waals surface area contributed by atoms with E-state index >= 15 is 0 Å². The molecule has 6 heteroatoms. The summed E-state index contributed by atoms with van der Waals surface area (Å²) in [7, 11) is 0. The number of rotatable bonds is 3. The van der Waals surface area contributed by atoms with Crippen LogP contribution in [0.2, 0.25) is 0 Å². The van der Waals surface area contributed by atoms with E-state index in [2.05, 4.69) is 37.9 Å². The van der Waals surface area contributed by atoms with Gasteiger partial charge in [0.2, 0.25) is 0 Å². The van der Waals surface area contributed by atoms with E-state index in [0.717, 1.165) is 40.1 Å². The third-order valence-electron chi connectivity index (χ3n) is 2.86. The summed E-state index contributed by atoms with van der Waals surface area (Å²) in [5.74, 6) is 1.31. The van der Waals surface area contributed by atoms with Crippen molar-refractivity contribution in [2.24, 2.45) is 0 Å². The van der Waals surface area contributed by atoms with Crippen molar-refractivity contribution >= 4 is 21.7 Å². The fraction of sp³-hybridized carbons (Fsp3) is 0.417. The van der Waals surface area contributed by atoms with Crippen LogP contribution in [0.4, 0.5) is 5.82 Å². The van der Waals surface area contributed by atoms with Crippen molar-refractivity contribution in [3.8, 4) is 5.82 Å². The number of nitrogens with zero attached hydrogens (tertiary/aromatic N) is 4. The lowest BCUT2D eigenvalue weighted by Crippen LogP contribution is -2.10. The fourth-order valence-corrected chi connectivity index (χ4v) is 2.17. The van der Waals surface area contributed by atoms with E-state index < -0.39 is 0 Å². The Balaban J connectivity index is 2.63. The first kappa shape index (κ1) is 13.0. The van der Waals surface area contributed by atoms with Gasteiger partial charge in [0.25, 0.3) is 0 Å². The highest BCUT2D eigenvalue weighted by molar-refractivity contribution is 9.10. The van der Waals surface area contributed by atoms with Gasteiger partial charge in [0, 0.05) is 5.56 Å². The Morgan fingerprint density at radius 2 is 2.06 bits per heavy atom. The van der Waals surface area contributed by atoms with E-state index in [-0.39, 0.29) is 0 Å². The Hall–Kier alpha value is -1.43. The number of nitrogens with two attached hydrogens (primary N) is 1. The molecule has 0 aromatic carbocycles. The summed E-state index contributed by atoms with van der Waals surface area (Å²) in [6.45, 7) is 6.06. The summed E-state index contributed by atoms with van der Waals surface area (Å²) in [6, 6.07) is 0. The van der Waals surface area contributed by atoms with Gasteiger partial charge in [-0.3, -0.25) is 0 Å². The molecule has 0 amide bonds. The second-order valence-electron chi connectivity index (χ2n) is 4.21. The topological polar surface area (TPSA) is 69.6 Å². The van der Waals surface area contributed by atoms with E-state index in [4.69, 9.17) is 5.73 Å². The number of aromatic nitrogens is 4. The van der Waals surface area contributed by atoms with E-state index in [1.54, 1.807) is 0 Å². The normalized spacial score (nSPS) is 10.9. The van der Waals surface area contributed by atoms with Gasteiger partial charge >= 0.3 is 0 Å². The van der Waals surface area contributed by atoms with Crippen molar-refractivity contribution < 1.29 is 0 Å². The summed E-state index contributed by atoms with van der Waals surface area (Å²) in [6.07, 6.45) is 3.32. The molecule has 0 aliphatic carbocycles. The van der Waals surface area contributed by atoms with E-state index in [1.807, 2.05) is 18.5 Å². The SMILES string of the molecule is CCCc1c(N)ncnc1-n1nc(C)c(Br)c1C. The van der Waals surface area contributed by atoms with Gasteiger partial charge in [-0.1, -0.05) is 13.3 Å². The van der Waals surface area contributed by atoms with Crippen LogP contribution in [0.3, 0.4) is 0 Å². The predicted octanol–water partition coefficient (Wildman–Crippen LogP) is 2.58. The highest BCUT2D eigenvalue weighted by atomic mass is 79.9. The molecule has 2 heterocycles. The lowest BCUT2D eigenvalue weighted by Gasteiger charge is -2.10. The fourth-order valence-electron chi connectivity index (χ4n) is 1.92. The first-order chi connectivity index (χ1) is 8.56. The number of nitrogen functional groups attached to an aromatic ring is 1. The Labute approximate surface area is 115 Å². The summed E-state index contributed by atoms with van der Waals surface area (Å²) in [4.78, 5) is 8.39. The summed E-state index contributed by atoms with van der Waals surface area (Å²) >= 11 is 3.52. The van der Waals surface area contributed by atoms with Crippen molar-refractivity contribution in [2.75, 3.05) is 5.73 Å². The average Bonchev–Trinajstić information content (AvgIpc) is 2.60. The first-order valence-corrected chi connectivity index (χ1v) is 6.67. The molecule has 0 aliphatic heterocycles.